The lowest BCUT2D eigenvalue weighted by atomic mass is 10.1. The molecule has 2 unspecified atom stereocenters. The van der Waals surface area contributed by atoms with E-state index in [2.05, 4.69) is 71.3 Å². The lowest BCUT2D eigenvalue weighted by Gasteiger charge is -2.26. The number of aliphatic hydroxyl groups is 1. The molecule has 7 heterocycles. The Bertz CT molecular complexity index is 2190. The van der Waals surface area contributed by atoms with E-state index < -0.39 is 93.7 Å². The van der Waals surface area contributed by atoms with Crippen LogP contribution in [0.1, 0.15) is 54.0 Å². The Morgan fingerprint density at radius 1 is 0.850 bits per heavy atom. The maximum atomic E-state index is 16.0. The van der Waals surface area contributed by atoms with Gasteiger partial charge in [0, 0.05) is 13.2 Å². The van der Waals surface area contributed by atoms with Gasteiger partial charge in [-0.25, -0.2) is 33.3 Å². The van der Waals surface area contributed by atoms with Crippen LogP contribution in [0, 0.1) is 5.82 Å². The number of halogens is 2. The van der Waals surface area contributed by atoms with E-state index in [0.29, 0.717) is 0 Å². The molecule has 0 saturated carbocycles. The summed E-state index contributed by atoms with van der Waals surface area (Å²) in [6.45, 7) is 14.4. The second-order valence-electron chi connectivity index (χ2n) is 13.8. The SMILES string of the molecule is CCN(CC)CC.CCN(CC)CC.Cn1cnc2c(c(F)cn2[C@@H]2O[C@@H]3COP(O)(=S)O[C@H]4[C@@H](F)[C@H](n5cnc6c(N)ncnc65)O[C@@H]4COP(=O)(O)O[C@@H]2[C@@H]3O)c1=O. The lowest BCUT2D eigenvalue weighted by Crippen LogP contribution is -2.35. The van der Waals surface area contributed by atoms with Gasteiger partial charge in [0.15, 0.2) is 41.6 Å². The summed E-state index contributed by atoms with van der Waals surface area (Å²) in [6, 6.07) is 0. The Morgan fingerprint density at radius 3 is 2.05 bits per heavy atom. The number of nitrogens with zero attached hydrogens (tertiary/aromatic N) is 9. The monoisotopic (exact) mass is 910 g/mol. The summed E-state index contributed by atoms with van der Waals surface area (Å²) >= 11 is 5.11. The maximum Gasteiger partial charge on any atom is 0.472 e. The molecular formula is C34H54F2N10O11P2S. The molecule has 5 N–H and O–H groups in total. The van der Waals surface area contributed by atoms with Crippen LogP contribution in [0.2, 0.25) is 0 Å². The first-order valence-corrected chi connectivity index (χ1v) is 23.6. The smallest absolute Gasteiger partial charge is 0.387 e. The Hall–Kier alpha value is -2.93. The number of phosphoric acid groups is 1. The Morgan fingerprint density at radius 2 is 1.45 bits per heavy atom. The molecule has 0 spiro atoms. The third kappa shape index (κ3) is 10.6. The summed E-state index contributed by atoms with van der Waals surface area (Å²) in [5.74, 6) is -0.972. The number of aliphatic hydroxyl groups excluding tert-OH is 1. The summed E-state index contributed by atoms with van der Waals surface area (Å²) in [6.07, 6.45) is -9.06. The standard InChI is InChI=1S/C22H24F2N8O11P2S.2C6H15N/c1-30-6-29-18-11(20(30)34)8(23)2-31(18)22-16-14(33)9(40-22)3-39-45(37,46)43-15-10(4-38-44(35,36)42-16)41-21(12(15)24)32-7-28-13-17(25)26-5-27-19(13)32;2*1-4-7(5-2)6-3/h2,5-7,9-10,12,14-16,21-22,33H,3-4H2,1H3,(H,35,36)(H,37,46)(H2,25,26,27);2*4-6H2,1-3H3/t9-,10-,12-,14-,15-,16-,21-,22-,45?;;/m1../s1. The van der Waals surface area contributed by atoms with Gasteiger partial charge in [-0.1, -0.05) is 41.5 Å². The van der Waals surface area contributed by atoms with Gasteiger partial charge in [-0.05, 0) is 51.1 Å². The fourth-order valence-corrected chi connectivity index (χ4v) is 9.22. The number of imidazole rings is 1. The zero-order valence-corrected chi connectivity index (χ0v) is 37.0. The Labute approximate surface area is 350 Å². The number of aryl methyl sites for hydroxylation is 1. The van der Waals surface area contributed by atoms with E-state index in [-0.39, 0.29) is 22.6 Å². The largest absolute Gasteiger partial charge is 0.472 e. The summed E-state index contributed by atoms with van der Waals surface area (Å²) in [5.41, 5.74) is 5.12. The molecule has 10 atom stereocenters. The summed E-state index contributed by atoms with van der Waals surface area (Å²) in [5, 5.41) is 10.6. The number of fused-ring (bicyclic) bond motifs is 5. The minimum absolute atomic E-state index is 0.0168. The van der Waals surface area contributed by atoms with Crippen LogP contribution < -0.4 is 11.3 Å². The van der Waals surface area contributed by atoms with Gasteiger partial charge in [0.25, 0.3) is 5.56 Å². The Balaban J connectivity index is 0.000000420. The second-order valence-corrected chi connectivity index (χ2v) is 18.0. The van der Waals surface area contributed by atoms with Crippen LogP contribution in [0.15, 0.2) is 30.0 Å². The van der Waals surface area contributed by atoms with Crippen molar-refractivity contribution in [3.8, 4) is 0 Å². The Kier molecular flexibility index (Phi) is 16.4. The van der Waals surface area contributed by atoms with Crippen molar-refractivity contribution < 1.29 is 55.8 Å². The van der Waals surface area contributed by atoms with Crippen LogP contribution in [0.3, 0.4) is 0 Å². The zero-order valence-electron chi connectivity index (χ0n) is 34.4. The number of phosphoric ester groups is 1. The first-order chi connectivity index (χ1) is 28.4. The van der Waals surface area contributed by atoms with Crippen molar-refractivity contribution in [1.82, 2.24) is 43.4 Å². The molecule has 4 aromatic heterocycles. The molecule has 7 rings (SSSR count). The number of nitrogens with two attached hydrogens (primary N) is 1. The van der Waals surface area contributed by atoms with Gasteiger partial charge < -0.3 is 53.6 Å². The molecule has 26 heteroatoms. The van der Waals surface area contributed by atoms with E-state index in [1.54, 1.807) is 0 Å². The van der Waals surface area contributed by atoms with E-state index >= 15 is 4.39 Å². The molecule has 2 bridgehead atoms. The number of hydrogen-bond acceptors (Lipinski definition) is 17. The molecule has 336 valence electrons. The van der Waals surface area contributed by atoms with Crippen molar-refractivity contribution in [3.63, 3.8) is 0 Å². The van der Waals surface area contributed by atoms with Crippen molar-refractivity contribution in [3.05, 3.63) is 41.3 Å². The molecular weight excluding hydrogens is 856 g/mol. The van der Waals surface area contributed by atoms with Crippen LogP contribution in [-0.4, -0.2) is 148 Å². The highest BCUT2D eigenvalue weighted by atomic mass is 32.5. The van der Waals surface area contributed by atoms with Gasteiger partial charge in [-0.2, -0.15) is 0 Å². The van der Waals surface area contributed by atoms with E-state index in [0.717, 1.165) is 28.0 Å². The number of rotatable bonds is 8. The third-order valence-electron chi connectivity index (χ3n) is 10.4. The van der Waals surface area contributed by atoms with Gasteiger partial charge in [-0.15, -0.1) is 0 Å². The van der Waals surface area contributed by atoms with Gasteiger partial charge in [0.05, 0.1) is 25.9 Å². The highest BCUT2D eigenvalue weighted by Gasteiger charge is 2.54. The van der Waals surface area contributed by atoms with Gasteiger partial charge in [-0.3, -0.25) is 22.9 Å². The van der Waals surface area contributed by atoms with Crippen molar-refractivity contribution >= 4 is 54.4 Å². The van der Waals surface area contributed by atoms with Crippen molar-refractivity contribution in [2.24, 2.45) is 7.05 Å². The fourth-order valence-electron chi connectivity index (χ4n) is 6.85. The summed E-state index contributed by atoms with van der Waals surface area (Å²) in [7, 11) is -3.80. The molecule has 60 heavy (non-hydrogen) atoms. The first-order valence-electron chi connectivity index (χ1n) is 19.5. The predicted molar refractivity (Wildman–Crippen MR) is 218 cm³/mol. The van der Waals surface area contributed by atoms with Crippen molar-refractivity contribution in [2.45, 2.75) is 90.7 Å². The van der Waals surface area contributed by atoms with E-state index in [9.17, 15) is 28.6 Å². The van der Waals surface area contributed by atoms with Gasteiger partial charge in [0.2, 0.25) is 0 Å². The molecule has 3 aliphatic heterocycles. The molecule has 3 saturated heterocycles. The van der Waals surface area contributed by atoms with Crippen LogP contribution in [0.5, 0.6) is 0 Å². The molecule has 4 aromatic rings. The van der Waals surface area contributed by atoms with Crippen LogP contribution in [0.25, 0.3) is 22.2 Å². The predicted octanol–water partition coefficient (Wildman–Crippen LogP) is 2.62. The molecule has 3 fully saturated rings. The number of anilines is 1. The second kappa shape index (κ2) is 20.5. The fraction of sp³-hybridized carbons (Fsp3) is 0.676. The molecule has 0 aromatic carbocycles. The van der Waals surface area contributed by atoms with E-state index in [4.69, 9.17) is 45.1 Å². The zero-order chi connectivity index (χ0) is 44.1. The number of hydrogen-bond donors (Lipinski definition) is 4. The van der Waals surface area contributed by atoms with Crippen LogP contribution in [0.4, 0.5) is 14.6 Å². The average molecular weight is 911 g/mol. The van der Waals surface area contributed by atoms with Gasteiger partial charge in [0.1, 0.15) is 47.8 Å². The average Bonchev–Trinajstić information content (AvgIpc) is 3.96. The van der Waals surface area contributed by atoms with Crippen LogP contribution >= 0.6 is 14.5 Å². The van der Waals surface area contributed by atoms with Gasteiger partial charge >= 0.3 is 14.5 Å². The molecule has 0 amide bonds. The quantitative estimate of drug-likeness (QED) is 0.186. The molecule has 3 aliphatic rings. The van der Waals surface area contributed by atoms with Crippen LogP contribution in [-0.2, 0) is 51.0 Å². The molecule has 0 aliphatic carbocycles. The normalized spacial score (nSPS) is 30.9. The van der Waals surface area contributed by atoms with Crippen molar-refractivity contribution in [2.75, 3.05) is 58.2 Å². The molecule has 21 nitrogen and oxygen atoms in total. The number of alkyl halides is 1. The summed E-state index contributed by atoms with van der Waals surface area (Å²) in [4.78, 5) is 54.9. The lowest BCUT2D eigenvalue weighted by molar-refractivity contribution is -0.0642. The minimum atomic E-state index is -5.16. The highest BCUT2D eigenvalue weighted by molar-refractivity contribution is 8.07. The maximum absolute atomic E-state index is 16.0. The van der Waals surface area contributed by atoms with Crippen molar-refractivity contribution in [1.29, 1.82) is 0 Å². The minimum Gasteiger partial charge on any atom is -0.387 e. The van der Waals surface area contributed by atoms with E-state index in [1.165, 1.54) is 57.2 Å². The summed E-state index contributed by atoms with van der Waals surface area (Å²) < 4.78 is 80.3. The number of ether oxygens (including phenoxy) is 2. The van der Waals surface area contributed by atoms with E-state index in [1.807, 2.05) is 0 Å². The highest BCUT2D eigenvalue weighted by Crippen LogP contribution is 2.54. The topological polar surface area (TPSA) is 249 Å². The molecule has 0 radical (unpaired) electrons. The number of aromatic nitrogens is 7. The first kappa shape index (κ1) is 48.1. The number of nitrogen functional groups attached to an aromatic ring is 1. The third-order valence-corrected chi connectivity index (χ3v) is 12.9.